The molecule has 0 spiro atoms. The Morgan fingerprint density at radius 3 is 2.48 bits per heavy atom. The fraction of sp³-hybridized carbons (Fsp3) is 0.333. The number of hydrogen-bond donors (Lipinski definition) is 1. The first-order chi connectivity index (χ1) is 15.2. The number of benzene rings is 3. The first kappa shape index (κ1) is 21.3. The second kappa shape index (κ2) is 9.88. The van der Waals surface area contributed by atoms with Crippen LogP contribution in [-0.4, -0.2) is 20.3 Å². The zero-order chi connectivity index (χ0) is 21.6. The third kappa shape index (κ3) is 4.70. The fourth-order valence-corrected chi connectivity index (χ4v) is 4.28. The molecule has 0 bridgehead atoms. The minimum Gasteiger partial charge on any atom is -0.494 e. The van der Waals surface area contributed by atoms with Crippen molar-refractivity contribution >= 4 is 0 Å². The van der Waals surface area contributed by atoms with Gasteiger partial charge in [-0.3, -0.25) is 0 Å². The Kier molecular flexibility index (Phi) is 6.78. The molecule has 1 aliphatic heterocycles. The summed E-state index contributed by atoms with van der Waals surface area (Å²) in [6.45, 7) is 6.33. The van der Waals surface area contributed by atoms with Gasteiger partial charge in [0, 0.05) is 6.54 Å². The molecule has 3 aromatic rings. The molecule has 0 saturated heterocycles. The molecule has 0 radical (unpaired) electrons. The van der Waals surface area contributed by atoms with Crippen LogP contribution in [0.15, 0.2) is 60.7 Å². The lowest BCUT2D eigenvalue weighted by Crippen LogP contribution is -2.31. The lowest BCUT2D eigenvalue weighted by atomic mass is 9.86. The van der Waals surface area contributed by atoms with Gasteiger partial charge < -0.3 is 19.5 Å². The molecule has 1 unspecified atom stereocenters. The molecule has 1 aliphatic rings. The Hall–Kier alpha value is -2.98. The summed E-state index contributed by atoms with van der Waals surface area (Å²) in [6, 6.07) is 21.1. The van der Waals surface area contributed by atoms with E-state index in [0.29, 0.717) is 13.2 Å². The summed E-state index contributed by atoms with van der Waals surface area (Å²) in [6.07, 6.45) is 1.93. The van der Waals surface area contributed by atoms with Crippen molar-refractivity contribution in [3.8, 4) is 17.2 Å². The maximum Gasteiger partial charge on any atom is 0.162 e. The highest BCUT2D eigenvalue weighted by atomic mass is 16.5. The molecule has 0 saturated carbocycles. The van der Waals surface area contributed by atoms with Gasteiger partial charge in [0.1, 0.15) is 12.4 Å². The normalized spacial score (nSPS) is 15.3. The van der Waals surface area contributed by atoms with Crippen molar-refractivity contribution in [1.29, 1.82) is 0 Å². The molecule has 1 heterocycles. The van der Waals surface area contributed by atoms with Gasteiger partial charge >= 0.3 is 0 Å². The van der Waals surface area contributed by atoms with Crippen molar-refractivity contribution in [2.24, 2.45) is 0 Å². The average molecular weight is 418 g/mol. The molecule has 0 aromatic heterocycles. The van der Waals surface area contributed by atoms with E-state index in [9.17, 15) is 0 Å². The molecular formula is C27H31NO3. The van der Waals surface area contributed by atoms with Crippen LogP contribution in [0.25, 0.3) is 0 Å². The van der Waals surface area contributed by atoms with Crippen LogP contribution in [0.2, 0.25) is 0 Å². The summed E-state index contributed by atoms with van der Waals surface area (Å²) in [5.74, 6) is 2.50. The maximum absolute atomic E-state index is 6.20. The summed E-state index contributed by atoms with van der Waals surface area (Å²) in [5, 5.41) is 3.72. The molecule has 4 heteroatoms. The van der Waals surface area contributed by atoms with E-state index in [2.05, 4.69) is 54.7 Å². The largest absolute Gasteiger partial charge is 0.494 e. The van der Waals surface area contributed by atoms with Crippen LogP contribution in [0.4, 0.5) is 0 Å². The van der Waals surface area contributed by atoms with Crippen molar-refractivity contribution in [2.75, 3.05) is 20.3 Å². The van der Waals surface area contributed by atoms with Crippen LogP contribution < -0.4 is 19.5 Å². The number of aryl methyl sites for hydroxylation is 1. The van der Waals surface area contributed by atoms with Gasteiger partial charge in [-0.1, -0.05) is 43.3 Å². The summed E-state index contributed by atoms with van der Waals surface area (Å²) < 4.78 is 17.6. The zero-order valence-electron chi connectivity index (χ0n) is 18.6. The predicted octanol–water partition coefficient (Wildman–Crippen LogP) is 5.47. The van der Waals surface area contributed by atoms with Crippen LogP contribution >= 0.6 is 0 Å². The smallest absolute Gasteiger partial charge is 0.162 e. The number of nitrogens with one attached hydrogen (secondary N) is 1. The molecule has 1 atom stereocenters. The van der Waals surface area contributed by atoms with Crippen molar-refractivity contribution < 1.29 is 14.2 Å². The fourth-order valence-electron chi connectivity index (χ4n) is 4.28. The second-order valence-corrected chi connectivity index (χ2v) is 7.76. The average Bonchev–Trinajstić information content (AvgIpc) is 2.82. The van der Waals surface area contributed by atoms with Crippen molar-refractivity contribution in [3.05, 3.63) is 88.5 Å². The summed E-state index contributed by atoms with van der Waals surface area (Å²) >= 11 is 0. The van der Waals surface area contributed by atoms with Crippen LogP contribution in [0.3, 0.4) is 0 Å². The molecule has 4 nitrogen and oxygen atoms in total. The molecule has 3 aromatic carbocycles. The molecule has 31 heavy (non-hydrogen) atoms. The Balaban J connectivity index is 1.68. The quantitative estimate of drug-likeness (QED) is 0.528. The van der Waals surface area contributed by atoms with Crippen LogP contribution in [0.1, 0.15) is 47.7 Å². The van der Waals surface area contributed by atoms with Gasteiger partial charge in [0.15, 0.2) is 11.5 Å². The molecule has 162 valence electrons. The molecular weight excluding hydrogens is 386 g/mol. The van der Waals surface area contributed by atoms with Crippen molar-refractivity contribution in [1.82, 2.24) is 5.32 Å². The van der Waals surface area contributed by atoms with Gasteiger partial charge in [-0.25, -0.2) is 0 Å². The first-order valence-corrected chi connectivity index (χ1v) is 11.1. The zero-order valence-corrected chi connectivity index (χ0v) is 18.6. The van der Waals surface area contributed by atoms with E-state index in [-0.39, 0.29) is 6.04 Å². The third-order valence-corrected chi connectivity index (χ3v) is 5.83. The van der Waals surface area contributed by atoms with E-state index in [1.54, 1.807) is 7.11 Å². The van der Waals surface area contributed by atoms with Gasteiger partial charge in [0.05, 0.1) is 19.8 Å². The lowest BCUT2D eigenvalue weighted by Gasteiger charge is -2.30. The minimum absolute atomic E-state index is 0.124. The standard InChI is InChI=1S/C27H31NO3/c1-4-20-15-22(30-5-2)11-12-23(20)27-24-17-26(31-18-19-9-7-6-8-10-19)25(29-3)16-21(24)13-14-28-27/h6-12,15-17,27-28H,4-5,13-14,18H2,1-3H3. The van der Waals surface area contributed by atoms with E-state index in [0.717, 1.165) is 42.2 Å². The van der Waals surface area contributed by atoms with Gasteiger partial charge in [0.2, 0.25) is 0 Å². The summed E-state index contributed by atoms with van der Waals surface area (Å²) in [5.41, 5.74) is 6.30. The SMILES string of the molecule is CCOc1ccc(C2NCCc3cc(OC)c(OCc4ccccc4)cc32)c(CC)c1. The lowest BCUT2D eigenvalue weighted by molar-refractivity contribution is 0.283. The summed E-state index contributed by atoms with van der Waals surface area (Å²) in [7, 11) is 1.71. The van der Waals surface area contributed by atoms with E-state index < -0.39 is 0 Å². The molecule has 0 aliphatic carbocycles. The van der Waals surface area contributed by atoms with Crippen LogP contribution in [0.5, 0.6) is 17.2 Å². The number of ether oxygens (including phenoxy) is 3. The molecule has 1 N–H and O–H groups in total. The molecule has 4 rings (SSSR count). The second-order valence-electron chi connectivity index (χ2n) is 7.76. The molecule has 0 amide bonds. The topological polar surface area (TPSA) is 39.7 Å². The van der Waals surface area contributed by atoms with Crippen LogP contribution in [0, 0.1) is 0 Å². The van der Waals surface area contributed by atoms with E-state index in [1.165, 1.54) is 22.3 Å². The Bertz CT molecular complexity index is 1020. The van der Waals surface area contributed by atoms with E-state index in [4.69, 9.17) is 14.2 Å². The minimum atomic E-state index is 0.124. The monoisotopic (exact) mass is 417 g/mol. The van der Waals surface area contributed by atoms with Gasteiger partial charge in [-0.2, -0.15) is 0 Å². The first-order valence-electron chi connectivity index (χ1n) is 11.1. The Morgan fingerprint density at radius 1 is 0.903 bits per heavy atom. The van der Waals surface area contributed by atoms with Gasteiger partial charge in [-0.05, 0) is 71.8 Å². The van der Waals surface area contributed by atoms with E-state index >= 15 is 0 Å². The highest BCUT2D eigenvalue weighted by molar-refractivity contribution is 5.53. The number of rotatable bonds is 8. The van der Waals surface area contributed by atoms with Gasteiger partial charge in [0.25, 0.3) is 0 Å². The summed E-state index contributed by atoms with van der Waals surface area (Å²) in [4.78, 5) is 0. The number of fused-ring (bicyclic) bond motifs is 1. The highest BCUT2D eigenvalue weighted by Crippen LogP contribution is 2.39. The Morgan fingerprint density at radius 2 is 1.74 bits per heavy atom. The van der Waals surface area contributed by atoms with Gasteiger partial charge in [-0.15, -0.1) is 0 Å². The third-order valence-electron chi connectivity index (χ3n) is 5.83. The number of hydrogen-bond acceptors (Lipinski definition) is 4. The maximum atomic E-state index is 6.20. The number of methoxy groups -OCH3 is 1. The van der Waals surface area contributed by atoms with E-state index in [1.807, 2.05) is 25.1 Å². The van der Waals surface area contributed by atoms with Crippen LogP contribution in [-0.2, 0) is 19.4 Å². The van der Waals surface area contributed by atoms with Crippen molar-refractivity contribution in [3.63, 3.8) is 0 Å². The molecule has 0 fully saturated rings. The Labute approximate surface area is 185 Å². The highest BCUT2D eigenvalue weighted by Gasteiger charge is 2.25. The predicted molar refractivity (Wildman–Crippen MR) is 124 cm³/mol. The van der Waals surface area contributed by atoms with Crippen molar-refractivity contribution in [2.45, 2.75) is 39.3 Å².